The maximum Gasteiger partial charge on any atom is 0.0899 e. The zero-order chi connectivity index (χ0) is 4.12. The highest BCUT2D eigenvalue weighted by molar-refractivity contribution is 4.08. The molecule has 3 N–H and O–H groups in total. The van der Waals surface area contributed by atoms with Gasteiger partial charge in [-0.15, -0.1) is 0 Å². The van der Waals surface area contributed by atoms with E-state index in [0.29, 0.717) is 6.54 Å². The Hall–Kier alpha value is -0.0800. The summed E-state index contributed by atoms with van der Waals surface area (Å²) < 4.78 is 0. The molecule has 0 rings (SSSR count). The fourth-order valence-electron chi connectivity index (χ4n) is 0.0913. The molecule has 0 bridgehead atoms. The Morgan fingerprint density at radius 3 is 2.40 bits per heavy atom. The quantitative estimate of drug-likeness (QED) is 0.378. The molecule has 0 heterocycles. The third-order valence-electron chi connectivity index (χ3n) is 0.333. The van der Waals surface area contributed by atoms with Gasteiger partial charge in [-0.2, -0.15) is 7.05 Å². The van der Waals surface area contributed by atoms with Gasteiger partial charge in [0.2, 0.25) is 0 Å². The maximum absolute atomic E-state index is 8.00. The zero-order valence-electron chi connectivity index (χ0n) is 3.15. The first kappa shape index (κ1) is 4.92. The van der Waals surface area contributed by atoms with E-state index in [4.69, 9.17) is 5.11 Å². The summed E-state index contributed by atoms with van der Waals surface area (Å²) in [6, 6.07) is 0. The zero-order valence-corrected chi connectivity index (χ0v) is 3.15. The molecule has 0 aliphatic heterocycles. The van der Waals surface area contributed by atoms with Crippen LogP contribution in [-0.2, 0) is 0 Å². The SMILES string of the molecule is [CH2-][NH2+]CCO. The van der Waals surface area contributed by atoms with E-state index in [1.54, 1.807) is 5.32 Å². The minimum Gasteiger partial charge on any atom is -0.477 e. The number of quaternary nitrogens is 1. The van der Waals surface area contributed by atoms with Gasteiger partial charge in [0.05, 0.1) is 13.2 Å². The van der Waals surface area contributed by atoms with Crippen LogP contribution >= 0.6 is 0 Å². The van der Waals surface area contributed by atoms with Crippen LogP contribution in [0.1, 0.15) is 0 Å². The van der Waals surface area contributed by atoms with Crippen LogP contribution in [0.15, 0.2) is 0 Å². The van der Waals surface area contributed by atoms with Gasteiger partial charge in [-0.1, -0.05) is 0 Å². The summed E-state index contributed by atoms with van der Waals surface area (Å²) in [5, 5.41) is 9.68. The van der Waals surface area contributed by atoms with Gasteiger partial charge >= 0.3 is 0 Å². The van der Waals surface area contributed by atoms with Crippen molar-refractivity contribution in [2.24, 2.45) is 0 Å². The Bertz CT molecular complexity index is 14.4. The van der Waals surface area contributed by atoms with Gasteiger partial charge in [-0.05, 0) is 0 Å². The van der Waals surface area contributed by atoms with Crippen molar-refractivity contribution in [2.75, 3.05) is 13.2 Å². The number of hydrogen-bond donors (Lipinski definition) is 2. The van der Waals surface area contributed by atoms with Crippen molar-refractivity contribution in [3.63, 3.8) is 0 Å². The molecular weight excluding hydrogens is 66.0 g/mol. The second kappa shape index (κ2) is 3.92. The van der Waals surface area contributed by atoms with Crippen LogP contribution in [0.2, 0.25) is 0 Å². The average molecular weight is 75.1 g/mol. The Morgan fingerprint density at radius 1 is 1.80 bits per heavy atom. The van der Waals surface area contributed by atoms with Gasteiger partial charge in [0, 0.05) is 0 Å². The molecule has 0 amide bonds. The fourth-order valence-corrected chi connectivity index (χ4v) is 0.0913. The average Bonchev–Trinajstić information content (AvgIpc) is 1.41. The van der Waals surface area contributed by atoms with Crippen LogP contribution in [0, 0.1) is 7.05 Å². The molecule has 0 atom stereocenters. The van der Waals surface area contributed by atoms with Crippen molar-refractivity contribution in [3.8, 4) is 0 Å². The van der Waals surface area contributed by atoms with E-state index in [0.717, 1.165) is 0 Å². The van der Waals surface area contributed by atoms with Gasteiger partial charge in [-0.25, -0.2) is 0 Å². The monoisotopic (exact) mass is 75.1 g/mol. The highest BCUT2D eigenvalue weighted by atomic mass is 16.3. The number of aliphatic hydroxyl groups excluding tert-OH is 1. The smallest absolute Gasteiger partial charge is 0.0899 e. The molecule has 0 unspecified atom stereocenters. The van der Waals surface area contributed by atoms with E-state index in [1.807, 2.05) is 0 Å². The molecule has 0 radical (unpaired) electrons. The molecule has 0 aromatic carbocycles. The van der Waals surface area contributed by atoms with E-state index in [-0.39, 0.29) is 6.61 Å². The maximum atomic E-state index is 8.00. The van der Waals surface area contributed by atoms with E-state index < -0.39 is 0 Å². The molecule has 0 fully saturated rings. The molecular formula is C3H9NO. The van der Waals surface area contributed by atoms with Crippen molar-refractivity contribution in [1.82, 2.24) is 0 Å². The molecule has 32 valence electrons. The molecule has 0 saturated carbocycles. The second-order valence-corrected chi connectivity index (χ2v) is 0.801. The summed E-state index contributed by atoms with van der Waals surface area (Å²) in [7, 11) is 3.39. The third kappa shape index (κ3) is 3.92. The molecule has 0 aromatic heterocycles. The second-order valence-electron chi connectivity index (χ2n) is 0.801. The number of nitrogens with two attached hydrogens (primary N) is 1. The molecule has 5 heavy (non-hydrogen) atoms. The van der Waals surface area contributed by atoms with Crippen LogP contribution in [0.4, 0.5) is 0 Å². The summed E-state index contributed by atoms with van der Waals surface area (Å²) in [6.45, 7) is 0.934. The van der Waals surface area contributed by atoms with Crippen LogP contribution in [0.5, 0.6) is 0 Å². The summed E-state index contributed by atoms with van der Waals surface area (Å²) in [6.07, 6.45) is 0. The van der Waals surface area contributed by atoms with Crippen LogP contribution in [0.3, 0.4) is 0 Å². The van der Waals surface area contributed by atoms with Gasteiger partial charge < -0.3 is 10.4 Å². The molecule has 0 spiro atoms. The highest BCUT2D eigenvalue weighted by Crippen LogP contribution is 1.32. The van der Waals surface area contributed by atoms with Crippen LogP contribution in [-0.4, -0.2) is 18.3 Å². The van der Waals surface area contributed by atoms with Gasteiger partial charge in [0.1, 0.15) is 0 Å². The Labute approximate surface area is 31.8 Å². The van der Waals surface area contributed by atoms with E-state index in [2.05, 4.69) is 7.05 Å². The standard InChI is InChI=1S/C3H9NO/c1-4-2-3-5/h5H,1-4H2. The summed E-state index contributed by atoms with van der Waals surface area (Å²) in [4.78, 5) is 0. The van der Waals surface area contributed by atoms with Gasteiger partial charge in [0.25, 0.3) is 0 Å². The van der Waals surface area contributed by atoms with Gasteiger partial charge in [-0.3, -0.25) is 0 Å². The number of hydrogen-bond acceptors (Lipinski definition) is 1. The Morgan fingerprint density at radius 2 is 2.40 bits per heavy atom. The van der Waals surface area contributed by atoms with Crippen molar-refractivity contribution in [2.45, 2.75) is 0 Å². The molecule has 2 nitrogen and oxygen atoms in total. The topological polar surface area (TPSA) is 36.8 Å². The van der Waals surface area contributed by atoms with Crippen molar-refractivity contribution in [3.05, 3.63) is 7.05 Å². The van der Waals surface area contributed by atoms with E-state index in [9.17, 15) is 0 Å². The van der Waals surface area contributed by atoms with Crippen LogP contribution < -0.4 is 5.32 Å². The lowest BCUT2D eigenvalue weighted by Crippen LogP contribution is -2.77. The summed E-state index contributed by atoms with van der Waals surface area (Å²) in [5.41, 5.74) is 0. The fraction of sp³-hybridized carbons (Fsp3) is 0.667. The number of rotatable bonds is 2. The van der Waals surface area contributed by atoms with Gasteiger partial charge in [0.15, 0.2) is 0 Å². The lowest BCUT2D eigenvalue weighted by atomic mass is 10.7. The molecule has 0 aromatic rings. The predicted molar refractivity (Wildman–Crippen MR) is 19.2 cm³/mol. The minimum absolute atomic E-state index is 0.226. The van der Waals surface area contributed by atoms with E-state index >= 15 is 0 Å². The normalized spacial score (nSPS) is 8.40. The molecule has 0 saturated heterocycles. The summed E-state index contributed by atoms with van der Waals surface area (Å²) in [5.74, 6) is 0. The summed E-state index contributed by atoms with van der Waals surface area (Å²) >= 11 is 0. The number of aliphatic hydroxyl groups is 1. The first-order valence-electron chi connectivity index (χ1n) is 1.63. The lowest BCUT2D eigenvalue weighted by Gasteiger charge is -1.89. The first-order valence-corrected chi connectivity index (χ1v) is 1.63. The highest BCUT2D eigenvalue weighted by Gasteiger charge is 1.65. The van der Waals surface area contributed by atoms with Crippen LogP contribution in [0.25, 0.3) is 0 Å². The first-order chi connectivity index (χ1) is 2.41. The minimum atomic E-state index is 0.226. The molecule has 0 aliphatic rings. The Balaban J connectivity index is 2.19. The predicted octanol–water partition coefficient (Wildman–Crippen LogP) is -1.67. The van der Waals surface area contributed by atoms with Crippen molar-refractivity contribution >= 4 is 0 Å². The van der Waals surface area contributed by atoms with Crippen molar-refractivity contribution < 1.29 is 10.4 Å². The lowest BCUT2D eigenvalue weighted by molar-refractivity contribution is -0.597. The van der Waals surface area contributed by atoms with Crippen molar-refractivity contribution in [1.29, 1.82) is 0 Å². The largest absolute Gasteiger partial charge is 0.477 e. The molecule has 0 aliphatic carbocycles. The molecule has 2 heteroatoms. The Kier molecular flexibility index (Phi) is 3.86. The third-order valence-corrected chi connectivity index (χ3v) is 0.333. The van der Waals surface area contributed by atoms with E-state index in [1.165, 1.54) is 0 Å².